The van der Waals surface area contributed by atoms with Crippen LogP contribution in [0.15, 0.2) is 27.2 Å². The molecular formula is C14H17BrFN3O. The van der Waals surface area contributed by atoms with E-state index in [0.29, 0.717) is 34.2 Å². The Morgan fingerprint density at radius 3 is 2.85 bits per heavy atom. The third-order valence-corrected chi connectivity index (χ3v) is 3.51. The summed E-state index contributed by atoms with van der Waals surface area (Å²) >= 11 is 3.25. The Morgan fingerprint density at radius 2 is 2.20 bits per heavy atom. The predicted molar refractivity (Wildman–Crippen MR) is 78.9 cm³/mol. The van der Waals surface area contributed by atoms with Gasteiger partial charge in [-0.1, -0.05) is 34.4 Å². The summed E-state index contributed by atoms with van der Waals surface area (Å²) in [6.07, 6.45) is 2.80. The van der Waals surface area contributed by atoms with Crippen molar-refractivity contribution in [3.8, 4) is 11.4 Å². The van der Waals surface area contributed by atoms with Crippen molar-refractivity contribution >= 4 is 15.9 Å². The van der Waals surface area contributed by atoms with Crippen molar-refractivity contribution in [2.45, 2.75) is 32.2 Å². The largest absolute Gasteiger partial charge is 0.339 e. The van der Waals surface area contributed by atoms with Crippen molar-refractivity contribution in [2.24, 2.45) is 0 Å². The van der Waals surface area contributed by atoms with E-state index in [0.717, 1.165) is 12.8 Å². The standard InChI is InChI=1S/C14H17BrFN3O/c1-3-4-12(17-2)8-13-18-14(19-20-13)9-5-10(15)7-11(16)6-9/h5-7,12,17H,3-4,8H2,1-2H3. The maximum Gasteiger partial charge on any atom is 0.228 e. The zero-order valence-corrected chi connectivity index (χ0v) is 13.1. The van der Waals surface area contributed by atoms with E-state index in [1.54, 1.807) is 6.07 Å². The van der Waals surface area contributed by atoms with Crippen LogP contribution in [0.25, 0.3) is 11.4 Å². The summed E-state index contributed by atoms with van der Waals surface area (Å²) in [4.78, 5) is 4.33. The second-order valence-electron chi connectivity index (χ2n) is 4.65. The van der Waals surface area contributed by atoms with E-state index in [1.807, 2.05) is 7.05 Å². The molecule has 4 nitrogen and oxygen atoms in total. The van der Waals surface area contributed by atoms with Gasteiger partial charge in [0.05, 0.1) is 0 Å². The van der Waals surface area contributed by atoms with Crippen LogP contribution in [0.2, 0.25) is 0 Å². The summed E-state index contributed by atoms with van der Waals surface area (Å²) in [5, 5.41) is 7.14. The number of aromatic nitrogens is 2. The van der Waals surface area contributed by atoms with Gasteiger partial charge in [0.1, 0.15) is 5.82 Å². The van der Waals surface area contributed by atoms with Gasteiger partial charge in [0.25, 0.3) is 0 Å². The van der Waals surface area contributed by atoms with Crippen LogP contribution < -0.4 is 5.32 Å². The lowest BCUT2D eigenvalue weighted by molar-refractivity contribution is 0.356. The molecule has 1 unspecified atom stereocenters. The Kier molecular flexibility index (Phi) is 5.25. The number of hydrogen-bond donors (Lipinski definition) is 1. The van der Waals surface area contributed by atoms with Crippen molar-refractivity contribution in [2.75, 3.05) is 7.05 Å². The monoisotopic (exact) mass is 341 g/mol. The number of nitrogens with zero attached hydrogens (tertiary/aromatic N) is 2. The van der Waals surface area contributed by atoms with E-state index < -0.39 is 0 Å². The molecule has 2 rings (SSSR count). The van der Waals surface area contributed by atoms with Gasteiger partial charge in [-0.2, -0.15) is 4.98 Å². The molecule has 0 radical (unpaired) electrons. The van der Waals surface area contributed by atoms with Crippen molar-refractivity contribution in [1.82, 2.24) is 15.5 Å². The molecule has 0 spiro atoms. The minimum absolute atomic E-state index is 0.313. The molecule has 1 heterocycles. The third kappa shape index (κ3) is 3.86. The fourth-order valence-corrected chi connectivity index (χ4v) is 2.51. The highest BCUT2D eigenvalue weighted by Crippen LogP contribution is 2.22. The molecule has 1 N–H and O–H groups in total. The number of halogens is 2. The summed E-state index contributed by atoms with van der Waals surface area (Å²) in [5.74, 6) is 0.638. The molecule has 6 heteroatoms. The highest BCUT2D eigenvalue weighted by atomic mass is 79.9. The summed E-state index contributed by atoms with van der Waals surface area (Å²) in [5.41, 5.74) is 0.600. The SMILES string of the molecule is CCCC(Cc1nc(-c2cc(F)cc(Br)c2)no1)NC. The van der Waals surface area contributed by atoms with Crippen LogP contribution >= 0.6 is 15.9 Å². The lowest BCUT2D eigenvalue weighted by atomic mass is 10.1. The van der Waals surface area contributed by atoms with Crippen LogP contribution in [0.4, 0.5) is 4.39 Å². The fraction of sp³-hybridized carbons (Fsp3) is 0.429. The zero-order chi connectivity index (χ0) is 14.5. The summed E-state index contributed by atoms with van der Waals surface area (Å²) < 4.78 is 19.2. The van der Waals surface area contributed by atoms with Crippen molar-refractivity contribution in [1.29, 1.82) is 0 Å². The molecule has 2 aromatic rings. The zero-order valence-electron chi connectivity index (χ0n) is 11.5. The lowest BCUT2D eigenvalue weighted by Gasteiger charge is -2.11. The molecule has 108 valence electrons. The maximum absolute atomic E-state index is 13.4. The van der Waals surface area contributed by atoms with Crippen LogP contribution in [-0.2, 0) is 6.42 Å². The van der Waals surface area contributed by atoms with Crippen LogP contribution in [-0.4, -0.2) is 23.2 Å². The van der Waals surface area contributed by atoms with Crippen molar-refractivity contribution in [3.05, 3.63) is 34.4 Å². The van der Waals surface area contributed by atoms with E-state index in [-0.39, 0.29) is 5.82 Å². The fourth-order valence-electron chi connectivity index (χ4n) is 2.05. The van der Waals surface area contributed by atoms with Crippen molar-refractivity contribution < 1.29 is 8.91 Å². The average Bonchev–Trinajstić information content (AvgIpc) is 2.85. The smallest absolute Gasteiger partial charge is 0.228 e. The first-order chi connectivity index (χ1) is 9.62. The van der Waals surface area contributed by atoms with E-state index >= 15 is 0 Å². The molecule has 1 atom stereocenters. The van der Waals surface area contributed by atoms with E-state index in [9.17, 15) is 4.39 Å². The molecule has 20 heavy (non-hydrogen) atoms. The molecule has 0 fully saturated rings. The van der Waals surface area contributed by atoms with Gasteiger partial charge in [-0.3, -0.25) is 0 Å². The lowest BCUT2D eigenvalue weighted by Crippen LogP contribution is -2.27. The number of hydrogen-bond acceptors (Lipinski definition) is 4. The number of nitrogens with one attached hydrogen (secondary N) is 1. The van der Waals surface area contributed by atoms with Gasteiger partial charge in [-0.15, -0.1) is 0 Å². The topological polar surface area (TPSA) is 51.0 Å². The Morgan fingerprint density at radius 1 is 1.40 bits per heavy atom. The van der Waals surface area contributed by atoms with Crippen LogP contribution in [0.1, 0.15) is 25.7 Å². The highest BCUT2D eigenvalue weighted by molar-refractivity contribution is 9.10. The molecule has 1 aromatic heterocycles. The van der Waals surface area contributed by atoms with Gasteiger partial charge in [0.2, 0.25) is 11.7 Å². The van der Waals surface area contributed by atoms with Crippen LogP contribution in [0.5, 0.6) is 0 Å². The summed E-state index contributed by atoms with van der Waals surface area (Å²) in [7, 11) is 1.92. The number of rotatable bonds is 6. The maximum atomic E-state index is 13.4. The third-order valence-electron chi connectivity index (χ3n) is 3.06. The molecule has 0 aliphatic heterocycles. The van der Waals surface area contributed by atoms with Gasteiger partial charge in [-0.25, -0.2) is 4.39 Å². The van der Waals surface area contributed by atoms with Crippen LogP contribution in [0.3, 0.4) is 0 Å². The summed E-state index contributed by atoms with van der Waals surface area (Å²) in [6, 6.07) is 4.86. The average molecular weight is 342 g/mol. The number of benzene rings is 1. The van der Waals surface area contributed by atoms with Gasteiger partial charge in [0, 0.05) is 22.5 Å². The molecule has 0 saturated heterocycles. The number of likely N-dealkylation sites (N-methyl/N-ethyl adjacent to an activating group) is 1. The van der Waals surface area contributed by atoms with E-state index in [2.05, 4.69) is 38.3 Å². The first kappa shape index (κ1) is 15.1. The van der Waals surface area contributed by atoms with Gasteiger partial charge < -0.3 is 9.84 Å². The predicted octanol–water partition coefficient (Wildman–Crippen LogP) is 3.57. The minimum atomic E-state index is -0.334. The normalized spacial score (nSPS) is 12.6. The Hall–Kier alpha value is -1.27. The van der Waals surface area contributed by atoms with E-state index in [4.69, 9.17) is 4.52 Å². The Balaban J connectivity index is 2.15. The minimum Gasteiger partial charge on any atom is -0.339 e. The van der Waals surface area contributed by atoms with Crippen LogP contribution in [0, 0.1) is 5.82 Å². The molecule has 0 aliphatic rings. The van der Waals surface area contributed by atoms with Crippen molar-refractivity contribution in [3.63, 3.8) is 0 Å². The molecular weight excluding hydrogens is 325 g/mol. The summed E-state index contributed by atoms with van der Waals surface area (Å²) in [6.45, 7) is 2.13. The molecule has 0 saturated carbocycles. The van der Waals surface area contributed by atoms with Gasteiger partial charge >= 0.3 is 0 Å². The Labute approximate surface area is 125 Å². The second kappa shape index (κ2) is 6.95. The quantitative estimate of drug-likeness (QED) is 0.872. The molecule has 0 amide bonds. The van der Waals surface area contributed by atoms with Gasteiger partial charge in [0.15, 0.2) is 0 Å². The van der Waals surface area contributed by atoms with Gasteiger partial charge in [-0.05, 0) is 31.7 Å². The highest BCUT2D eigenvalue weighted by Gasteiger charge is 2.14. The molecule has 1 aromatic carbocycles. The second-order valence-corrected chi connectivity index (χ2v) is 5.56. The first-order valence-electron chi connectivity index (χ1n) is 6.58. The first-order valence-corrected chi connectivity index (χ1v) is 7.38. The Bertz CT molecular complexity index is 553. The van der Waals surface area contributed by atoms with E-state index in [1.165, 1.54) is 12.1 Å². The molecule has 0 aliphatic carbocycles. The molecule has 0 bridgehead atoms.